The number of amides is 1. The number of benzene rings is 1. The zero-order chi connectivity index (χ0) is 15.8. The number of hydrogen-bond donors (Lipinski definition) is 3. The molecule has 0 spiro atoms. The second-order valence-electron chi connectivity index (χ2n) is 4.58. The molecule has 0 aliphatic rings. The number of likely N-dealkylation sites (N-methyl/N-ethyl adjacent to an activating group) is 1. The summed E-state index contributed by atoms with van der Waals surface area (Å²) in [6.45, 7) is 1.26. The van der Waals surface area contributed by atoms with Crippen molar-refractivity contribution in [2.24, 2.45) is 0 Å². The van der Waals surface area contributed by atoms with E-state index in [0.29, 0.717) is 30.2 Å². The third kappa shape index (κ3) is 3.95. The molecule has 0 aliphatic heterocycles. The molecular weight excluding hydrogens is 280 g/mol. The van der Waals surface area contributed by atoms with Gasteiger partial charge in [0.05, 0.1) is 18.4 Å². The summed E-state index contributed by atoms with van der Waals surface area (Å²) in [5.41, 5.74) is 1.25. The smallest absolute Gasteiger partial charge is 0.255 e. The van der Waals surface area contributed by atoms with Crippen molar-refractivity contribution in [2.45, 2.75) is 0 Å². The molecule has 2 rings (SSSR count). The van der Waals surface area contributed by atoms with Crippen LogP contribution in [0.15, 0.2) is 42.6 Å². The number of nitrogens with one attached hydrogen (secondary N) is 3. The number of carbonyl (C=O) groups excluding carboxylic acids is 1. The van der Waals surface area contributed by atoms with Gasteiger partial charge in [-0.05, 0) is 31.3 Å². The van der Waals surface area contributed by atoms with Crippen LogP contribution >= 0.6 is 0 Å². The number of nitrogens with zero attached hydrogens (tertiary/aromatic N) is 1. The van der Waals surface area contributed by atoms with Gasteiger partial charge in [-0.2, -0.15) is 0 Å². The lowest BCUT2D eigenvalue weighted by Crippen LogP contribution is -2.30. The largest absolute Gasteiger partial charge is 0.495 e. The van der Waals surface area contributed by atoms with Crippen LogP contribution in [0.1, 0.15) is 10.4 Å². The van der Waals surface area contributed by atoms with Crippen LogP contribution in [-0.4, -0.2) is 38.1 Å². The summed E-state index contributed by atoms with van der Waals surface area (Å²) in [6, 6.07) is 11.0. The number of carbonyl (C=O) groups is 1. The molecule has 6 heteroatoms. The zero-order valence-corrected chi connectivity index (χ0v) is 12.7. The lowest BCUT2D eigenvalue weighted by molar-refractivity contribution is 0.0954. The Balaban J connectivity index is 2.19. The molecule has 0 fully saturated rings. The second kappa shape index (κ2) is 7.99. The third-order valence-corrected chi connectivity index (χ3v) is 3.07. The Labute approximate surface area is 129 Å². The Morgan fingerprint density at radius 3 is 2.77 bits per heavy atom. The van der Waals surface area contributed by atoms with Crippen molar-refractivity contribution in [1.29, 1.82) is 0 Å². The van der Waals surface area contributed by atoms with Gasteiger partial charge in [0, 0.05) is 19.3 Å². The zero-order valence-electron chi connectivity index (χ0n) is 12.7. The van der Waals surface area contributed by atoms with Gasteiger partial charge >= 0.3 is 0 Å². The first-order valence-corrected chi connectivity index (χ1v) is 7.04. The first-order chi connectivity index (χ1) is 10.8. The standard InChI is InChI=1S/C16H20N4O2/c1-17-10-11-19-16(21)12-6-5-9-18-15(12)20-13-7-3-4-8-14(13)22-2/h3-9,17H,10-11H2,1-2H3,(H,18,20)(H,19,21). The summed E-state index contributed by atoms with van der Waals surface area (Å²) < 4.78 is 5.30. The number of methoxy groups -OCH3 is 1. The Bertz CT molecular complexity index is 631. The van der Waals surface area contributed by atoms with Gasteiger partial charge in [-0.15, -0.1) is 0 Å². The van der Waals surface area contributed by atoms with Crippen molar-refractivity contribution in [3.8, 4) is 5.75 Å². The fourth-order valence-electron chi connectivity index (χ4n) is 1.96. The number of rotatable bonds is 7. The quantitative estimate of drug-likeness (QED) is 0.680. The molecule has 0 saturated heterocycles. The van der Waals surface area contributed by atoms with E-state index in [1.807, 2.05) is 31.3 Å². The van der Waals surface area contributed by atoms with E-state index in [9.17, 15) is 4.79 Å². The van der Waals surface area contributed by atoms with Gasteiger partial charge in [-0.3, -0.25) is 4.79 Å². The van der Waals surface area contributed by atoms with E-state index in [-0.39, 0.29) is 5.91 Å². The number of aromatic nitrogens is 1. The molecule has 116 valence electrons. The van der Waals surface area contributed by atoms with Crippen LogP contribution in [0.5, 0.6) is 5.75 Å². The van der Waals surface area contributed by atoms with Crippen molar-refractivity contribution >= 4 is 17.4 Å². The highest BCUT2D eigenvalue weighted by atomic mass is 16.5. The number of anilines is 2. The van der Waals surface area contributed by atoms with Gasteiger partial charge in [0.15, 0.2) is 0 Å². The molecule has 0 aliphatic carbocycles. The molecule has 0 radical (unpaired) electrons. The average molecular weight is 300 g/mol. The number of hydrogen-bond acceptors (Lipinski definition) is 5. The van der Waals surface area contributed by atoms with Crippen molar-refractivity contribution in [1.82, 2.24) is 15.6 Å². The predicted molar refractivity (Wildman–Crippen MR) is 86.8 cm³/mol. The van der Waals surface area contributed by atoms with E-state index in [2.05, 4.69) is 20.9 Å². The minimum absolute atomic E-state index is 0.166. The van der Waals surface area contributed by atoms with Crippen LogP contribution < -0.4 is 20.7 Å². The summed E-state index contributed by atoms with van der Waals surface area (Å²) >= 11 is 0. The highest BCUT2D eigenvalue weighted by Gasteiger charge is 2.13. The van der Waals surface area contributed by atoms with Crippen LogP contribution in [0.4, 0.5) is 11.5 Å². The van der Waals surface area contributed by atoms with Gasteiger partial charge < -0.3 is 20.7 Å². The fourth-order valence-corrected chi connectivity index (χ4v) is 1.96. The molecule has 0 saturated carbocycles. The van der Waals surface area contributed by atoms with E-state index < -0.39 is 0 Å². The van der Waals surface area contributed by atoms with Crippen LogP contribution in [0.3, 0.4) is 0 Å². The van der Waals surface area contributed by atoms with Crippen molar-refractivity contribution in [2.75, 3.05) is 32.6 Å². The first kappa shape index (κ1) is 15.8. The van der Waals surface area contributed by atoms with Gasteiger partial charge in [0.25, 0.3) is 5.91 Å². The average Bonchev–Trinajstić information content (AvgIpc) is 2.56. The Hall–Kier alpha value is -2.60. The molecule has 6 nitrogen and oxygen atoms in total. The van der Waals surface area contributed by atoms with E-state index in [0.717, 1.165) is 5.69 Å². The van der Waals surface area contributed by atoms with Crippen molar-refractivity contribution < 1.29 is 9.53 Å². The lowest BCUT2D eigenvalue weighted by Gasteiger charge is -2.13. The highest BCUT2D eigenvalue weighted by molar-refractivity contribution is 5.99. The maximum absolute atomic E-state index is 12.2. The van der Waals surface area contributed by atoms with Gasteiger partial charge in [-0.25, -0.2) is 4.98 Å². The van der Waals surface area contributed by atoms with E-state index in [1.54, 1.807) is 25.4 Å². The minimum Gasteiger partial charge on any atom is -0.495 e. The molecule has 3 N–H and O–H groups in total. The maximum atomic E-state index is 12.2. The Morgan fingerprint density at radius 2 is 2.00 bits per heavy atom. The van der Waals surface area contributed by atoms with E-state index in [4.69, 9.17) is 4.74 Å². The fraction of sp³-hybridized carbons (Fsp3) is 0.250. The summed E-state index contributed by atoms with van der Waals surface area (Å²) in [7, 11) is 3.44. The maximum Gasteiger partial charge on any atom is 0.255 e. The molecule has 22 heavy (non-hydrogen) atoms. The molecule has 1 heterocycles. The molecule has 0 bridgehead atoms. The van der Waals surface area contributed by atoms with Crippen molar-refractivity contribution in [3.63, 3.8) is 0 Å². The molecule has 1 aromatic heterocycles. The summed E-state index contributed by atoms with van der Waals surface area (Å²) in [4.78, 5) is 16.5. The summed E-state index contributed by atoms with van der Waals surface area (Å²) in [5.74, 6) is 1.02. The molecule has 1 aromatic carbocycles. The molecule has 1 amide bonds. The predicted octanol–water partition coefficient (Wildman–Crippen LogP) is 1.78. The van der Waals surface area contributed by atoms with Gasteiger partial charge in [-0.1, -0.05) is 12.1 Å². The van der Waals surface area contributed by atoms with E-state index >= 15 is 0 Å². The molecule has 0 atom stereocenters. The molecule has 0 unspecified atom stereocenters. The van der Waals surface area contributed by atoms with Gasteiger partial charge in [0.1, 0.15) is 11.6 Å². The topological polar surface area (TPSA) is 75.3 Å². The van der Waals surface area contributed by atoms with Crippen LogP contribution in [0, 0.1) is 0 Å². The van der Waals surface area contributed by atoms with Crippen molar-refractivity contribution in [3.05, 3.63) is 48.2 Å². The van der Waals surface area contributed by atoms with E-state index in [1.165, 1.54) is 0 Å². The number of pyridine rings is 1. The van der Waals surface area contributed by atoms with Crippen LogP contribution in [0.2, 0.25) is 0 Å². The number of para-hydroxylation sites is 2. The third-order valence-electron chi connectivity index (χ3n) is 3.07. The monoisotopic (exact) mass is 300 g/mol. The normalized spacial score (nSPS) is 10.1. The van der Waals surface area contributed by atoms with Crippen LogP contribution in [0.25, 0.3) is 0 Å². The van der Waals surface area contributed by atoms with Gasteiger partial charge in [0.2, 0.25) is 0 Å². The molecular formula is C16H20N4O2. The second-order valence-corrected chi connectivity index (χ2v) is 4.58. The van der Waals surface area contributed by atoms with Crippen LogP contribution in [-0.2, 0) is 0 Å². The number of ether oxygens (including phenoxy) is 1. The SMILES string of the molecule is CNCCNC(=O)c1cccnc1Nc1ccccc1OC. The minimum atomic E-state index is -0.166. The lowest BCUT2D eigenvalue weighted by atomic mass is 10.2. The summed E-state index contributed by atoms with van der Waals surface area (Å²) in [6.07, 6.45) is 1.64. The Morgan fingerprint density at radius 1 is 1.18 bits per heavy atom. The molecule has 2 aromatic rings. The highest BCUT2D eigenvalue weighted by Crippen LogP contribution is 2.27. The summed E-state index contributed by atoms with van der Waals surface area (Å²) in [5, 5.41) is 8.97. The first-order valence-electron chi connectivity index (χ1n) is 7.04. The Kier molecular flexibility index (Phi) is 5.73.